The van der Waals surface area contributed by atoms with Gasteiger partial charge in [-0.15, -0.1) is 12.4 Å². The van der Waals surface area contributed by atoms with Gasteiger partial charge in [-0.2, -0.15) is 4.31 Å². The van der Waals surface area contributed by atoms with Crippen molar-refractivity contribution in [3.63, 3.8) is 0 Å². The average molecular weight is 370 g/mol. The summed E-state index contributed by atoms with van der Waals surface area (Å²) in [6, 6.07) is 3.20. The molecular weight excluding hydrogens is 353 g/mol. The van der Waals surface area contributed by atoms with Crippen molar-refractivity contribution < 1.29 is 13.3 Å². The Morgan fingerprint density at radius 3 is 2.68 bits per heavy atom. The Morgan fingerprint density at radius 2 is 2.09 bits per heavy atom. The van der Waals surface area contributed by atoms with Crippen molar-refractivity contribution in [3.05, 3.63) is 33.3 Å². The molecule has 1 aromatic rings. The second-order valence-electron chi connectivity index (χ2n) is 4.87. The van der Waals surface area contributed by atoms with Gasteiger partial charge in [-0.25, -0.2) is 8.42 Å². The number of nitro benzene ring substituents is 1. The van der Waals surface area contributed by atoms with Crippen molar-refractivity contribution in [3.8, 4) is 0 Å². The maximum Gasteiger partial charge on any atom is 0.289 e. The molecule has 1 atom stereocenters. The number of sulfonamides is 1. The fraction of sp³-hybridized carbons (Fsp3) is 0.500. The highest BCUT2D eigenvalue weighted by molar-refractivity contribution is 7.89. The van der Waals surface area contributed by atoms with Crippen molar-refractivity contribution >= 4 is 39.7 Å². The van der Waals surface area contributed by atoms with Crippen molar-refractivity contribution in [1.82, 2.24) is 4.31 Å². The Kier molecular flexibility index (Phi) is 6.57. The first-order chi connectivity index (χ1) is 9.87. The summed E-state index contributed by atoms with van der Waals surface area (Å²) in [4.78, 5) is 9.98. The lowest BCUT2D eigenvalue weighted by Gasteiger charge is -2.33. The highest BCUT2D eigenvalue weighted by atomic mass is 35.5. The highest BCUT2D eigenvalue weighted by Gasteiger charge is 2.36. The SMILES string of the molecule is Cl.NCC1CCCCN1S(=O)(=O)c1cc(Cl)ccc1[N+](=O)[O-]. The van der Waals surface area contributed by atoms with Gasteiger partial charge in [-0.1, -0.05) is 18.0 Å². The van der Waals surface area contributed by atoms with Crippen LogP contribution in [0, 0.1) is 10.1 Å². The first-order valence-electron chi connectivity index (χ1n) is 6.53. The average Bonchev–Trinajstić information content (AvgIpc) is 2.46. The van der Waals surface area contributed by atoms with E-state index in [1.165, 1.54) is 10.4 Å². The van der Waals surface area contributed by atoms with E-state index >= 15 is 0 Å². The molecule has 1 unspecified atom stereocenters. The third-order valence-electron chi connectivity index (χ3n) is 3.55. The molecule has 0 aliphatic carbocycles. The quantitative estimate of drug-likeness (QED) is 0.646. The number of nitrogens with zero attached hydrogens (tertiary/aromatic N) is 2. The van der Waals surface area contributed by atoms with Crippen LogP contribution in [0.5, 0.6) is 0 Å². The molecule has 1 fully saturated rings. The van der Waals surface area contributed by atoms with E-state index in [9.17, 15) is 18.5 Å². The number of nitrogens with two attached hydrogens (primary N) is 1. The lowest BCUT2D eigenvalue weighted by Crippen LogP contribution is -2.47. The van der Waals surface area contributed by atoms with Gasteiger partial charge >= 0.3 is 0 Å². The van der Waals surface area contributed by atoms with Crippen molar-refractivity contribution in [2.24, 2.45) is 5.73 Å². The van der Waals surface area contributed by atoms with Gasteiger partial charge in [-0.3, -0.25) is 10.1 Å². The molecule has 0 aromatic heterocycles. The maximum atomic E-state index is 12.7. The monoisotopic (exact) mass is 369 g/mol. The third kappa shape index (κ3) is 3.69. The number of hydrogen-bond donors (Lipinski definition) is 1. The molecule has 1 heterocycles. The Bertz CT molecular complexity index is 654. The predicted molar refractivity (Wildman–Crippen MR) is 85.9 cm³/mol. The summed E-state index contributed by atoms with van der Waals surface area (Å²) >= 11 is 5.81. The summed E-state index contributed by atoms with van der Waals surface area (Å²) < 4.78 is 26.7. The van der Waals surface area contributed by atoms with Crippen LogP contribution in [-0.4, -0.2) is 36.8 Å². The van der Waals surface area contributed by atoms with Crippen molar-refractivity contribution in [2.75, 3.05) is 13.1 Å². The Morgan fingerprint density at radius 1 is 1.41 bits per heavy atom. The minimum atomic E-state index is -3.99. The number of halogens is 2. The predicted octanol–water partition coefficient (Wildman–Crippen LogP) is 2.17. The van der Waals surface area contributed by atoms with Gasteiger partial charge in [0.2, 0.25) is 10.0 Å². The Labute approximate surface area is 140 Å². The number of rotatable bonds is 4. The lowest BCUT2D eigenvalue weighted by atomic mass is 10.1. The molecule has 0 saturated carbocycles. The summed E-state index contributed by atoms with van der Waals surface area (Å²) in [7, 11) is -3.99. The van der Waals surface area contributed by atoms with Gasteiger partial charge in [0.25, 0.3) is 5.69 Å². The van der Waals surface area contributed by atoms with E-state index in [0.717, 1.165) is 18.6 Å². The van der Waals surface area contributed by atoms with Crippen LogP contribution in [0.15, 0.2) is 23.1 Å². The molecule has 0 radical (unpaired) electrons. The van der Waals surface area contributed by atoms with E-state index < -0.39 is 20.6 Å². The fourth-order valence-electron chi connectivity index (χ4n) is 2.50. The van der Waals surface area contributed by atoms with Crippen LogP contribution in [0.25, 0.3) is 0 Å². The summed E-state index contributed by atoms with van der Waals surface area (Å²) in [6.45, 7) is 0.501. The number of hydrogen-bond acceptors (Lipinski definition) is 5. The molecular formula is C12H17Cl2N3O4S. The summed E-state index contributed by atoms with van der Waals surface area (Å²) in [6.07, 6.45) is 2.26. The number of benzene rings is 1. The van der Waals surface area contributed by atoms with E-state index in [1.54, 1.807) is 0 Å². The molecule has 2 N–H and O–H groups in total. The Hall–Kier alpha value is -0.930. The van der Waals surface area contributed by atoms with Gasteiger partial charge < -0.3 is 5.73 Å². The molecule has 22 heavy (non-hydrogen) atoms. The van der Waals surface area contributed by atoms with E-state index in [-0.39, 0.29) is 34.9 Å². The molecule has 7 nitrogen and oxygen atoms in total. The minimum absolute atomic E-state index is 0. The zero-order valence-electron chi connectivity index (χ0n) is 11.6. The summed E-state index contributed by atoms with van der Waals surface area (Å²) in [5.74, 6) is 0. The van der Waals surface area contributed by atoms with Crippen molar-refractivity contribution in [2.45, 2.75) is 30.2 Å². The second-order valence-corrected chi connectivity index (χ2v) is 7.17. The molecule has 0 amide bonds. The van der Waals surface area contributed by atoms with E-state index in [4.69, 9.17) is 17.3 Å². The zero-order chi connectivity index (χ0) is 15.6. The normalized spacial score (nSPS) is 19.5. The zero-order valence-corrected chi connectivity index (χ0v) is 14.0. The summed E-state index contributed by atoms with van der Waals surface area (Å²) in [5.41, 5.74) is 5.16. The third-order valence-corrected chi connectivity index (χ3v) is 5.77. The molecule has 10 heteroatoms. The van der Waals surface area contributed by atoms with Crippen LogP contribution in [0.3, 0.4) is 0 Å². The topological polar surface area (TPSA) is 107 Å². The summed E-state index contributed by atoms with van der Waals surface area (Å²) in [5, 5.41) is 11.2. The molecule has 0 spiro atoms. The van der Waals surface area contributed by atoms with Gasteiger partial charge in [0.1, 0.15) is 0 Å². The highest BCUT2D eigenvalue weighted by Crippen LogP contribution is 2.32. The standard InChI is InChI=1S/C12H16ClN3O4S.ClH/c13-9-4-5-11(16(17)18)12(7-9)21(19,20)15-6-2-1-3-10(15)8-14;/h4-5,7,10H,1-3,6,8,14H2;1H. The fourth-order valence-corrected chi connectivity index (χ4v) is 4.62. The van der Waals surface area contributed by atoms with Gasteiger partial charge in [0.05, 0.1) is 4.92 Å². The van der Waals surface area contributed by atoms with Crippen molar-refractivity contribution in [1.29, 1.82) is 0 Å². The van der Waals surface area contributed by atoms with E-state index in [1.807, 2.05) is 0 Å². The van der Waals surface area contributed by atoms with Crippen LogP contribution in [0.1, 0.15) is 19.3 Å². The number of piperidine rings is 1. The van der Waals surface area contributed by atoms with Crippen LogP contribution >= 0.6 is 24.0 Å². The second kappa shape index (κ2) is 7.56. The lowest BCUT2D eigenvalue weighted by molar-refractivity contribution is -0.387. The molecule has 1 aromatic carbocycles. The molecule has 124 valence electrons. The van der Waals surface area contributed by atoms with Gasteiger partial charge in [0.15, 0.2) is 4.90 Å². The van der Waals surface area contributed by atoms with Crippen LogP contribution < -0.4 is 5.73 Å². The largest absolute Gasteiger partial charge is 0.329 e. The molecule has 1 aliphatic heterocycles. The van der Waals surface area contributed by atoms with Crippen LogP contribution in [-0.2, 0) is 10.0 Å². The first kappa shape index (κ1) is 19.1. The Balaban J connectivity index is 0.00000242. The van der Waals surface area contributed by atoms with Gasteiger partial charge in [0, 0.05) is 30.2 Å². The van der Waals surface area contributed by atoms with Gasteiger partial charge in [-0.05, 0) is 25.0 Å². The minimum Gasteiger partial charge on any atom is -0.329 e. The molecule has 2 rings (SSSR count). The first-order valence-corrected chi connectivity index (χ1v) is 8.35. The maximum absolute atomic E-state index is 12.7. The molecule has 0 bridgehead atoms. The van der Waals surface area contributed by atoms with E-state index in [2.05, 4.69) is 0 Å². The molecule has 1 saturated heterocycles. The van der Waals surface area contributed by atoms with Crippen LogP contribution in [0.4, 0.5) is 5.69 Å². The van der Waals surface area contributed by atoms with Crippen LogP contribution in [0.2, 0.25) is 5.02 Å². The molecule has 1 aliphatic rings. The van der Waals surface area contributed by atoms with E-state index in [0.29, 0.717) is 19.4 Å². The number of nitro groups is 1. The smallest absolute Gasteiger partial charge is 0.289 e.